The van der Waals surface area contributed by atoms with Gasteiger partial charge in [-0.2, -0.15) is 0 Å². The molecule has 2 unspecified atom stereocenters. The summed E-state index contributed by atoms with van der Waals surface area (Å²) in [6.45, 7) is 0.707. The molecule has 0 aliphatic heterocycles. The maximum atomic E-state index is 11.5. The first-order valence-electron chi connectivity index (χ1n) is 6.69. The Morgan fingerprint density at radius 3 is 2.47 bits per heavy atom. The van der Waals surface area contributed by atoms with Crippen LogP contribution in [0.4, 0.5) is 0 Å². The van der Waals surface area contributed by atoms with Crippen LogP contribution in [0, 0.1) is 17.8 Å². The van der Waals surface area contributed by atoms with Crippen molar-refractivity contribution in [2.45, 2.75) is 44.9 Å². The van der Waals surface area contributed by atoms with Gasteiger partial charge in [-0.1, -0.05) is 25.7 Å². The largest absolute Gasteiger partial charge is 0.481 e. The highest BCUT2D eigenvalue weighted by molar-refractivity contribution is 5.89. The van der Waals surface area contributed by atoms with Crippen LogP contribution in [0.2, 0.25) is 0 Å². The number of carbonyl (C=O) groups is 2. The molecule has 2 N–H and O–H groups in total. The van der Waals surface area contributed by atoms with Crippen LogP contribution in [0.1, 0.15) is 44.9 Å². The van der Waals surface area contributed by atoms with Gasteiger partial charge in [0.25, 0.3) is 0 Å². The predicted molar refractivity (Wildman–Crippen MR) is 63.4 cm³/mol. The lowest BCUT2D eigenvalue weighted by Crippen LogP contribution is -2.27. The minimum absolute atomic E-state index is 0.0659. The summed E-state index contributed by atoms with van der Waals surface area (Å²) < 4.78 is 0. The first-order chi connectivity index (χ1) is 8.18. The van der Waals surface area contributed by atoms with Crippen molar-refractivity contribution in [1.82, 2.24) is 5.32 Å². The van der Waals surface area contributed by atoms with E-state index in [0.717, 1.165) is 12.3 Å². The molecule has 0 aromatic rings. The Balaban J connectivity index is 1.53. The molecule has 4 nitrogen and oxygen atoms in total. The van der Waals surface area contributed by atoms with E-state index >= 15 is 0 Å². The second-order valence-corrected chi connectivity index (χ2v) is 5.37. The van der Waals surface area contributed by atoms with Crippen molar-refractivity contribution in [3.8, 4) is 0 Å². The zero-order valence-electron chi connectivity index (χ0n) is 10.2. The third kappa shape index (κ3) is 3.45. The Kier molecular flexibility index (Phi) is 4.02. The van der Waals surface area contributed by atoms with Crippen molar-refractivity contribution < 1.29 is 14.7 Å². The number of rotatable bonds is 6. The summed E-state index contributed by atoms with van der Waals surface area (Å²) in [5.74, 6) is -0.733. The number of carboxylic acid groups (broad SMARTS) is 1. The highest BCUT2D eigenvalue weighted by atomic mass is 16.4. The summed E-state index contributed by atoms with van der Waals surface area (Å²) in [6.07, 6.45) is 8.16. The summed E-state index contributed by atoms with van der Waals surface area (Å²) in [5, 5.41) is 11.6. The normalized spacial score (nSPS) is 28.0. The molecule has 17 heavy (non-hydrogen) atoms. The van der Waals surface area contributed by atoms with Crippen molar-refractivity contribution in [3.63, 3.8) is 0 Å². The van der Waals surface area contributed by atoms with Crippen LogP contribution >= 0.6 is 0 Å². The number of carbonyl (C=O) groups excluding carboxylic acids is 1. The van der Waals surface area contributed by atoms with Crippen LogP contribution in [0.15, 0.2) is 0 Å². The average Bonchev–Trinajstić information content (AvgIpc) is 2.95. The molecule has 0 heterocycles. The molecule has 0 aromatic heterocycles. The lowest BCUT2D eigenvalue weighted by atomic mass is 10.0. The molecule has 0 radical (unpaired) electrons. The molecule has 0 aromatic carbocycles. The molecular formula is C13H21NO3. The predicted octanol–water partition coefficient (Wildman–Crippen LogP) is 1.79. The molecule has 2 rings (SSSR count). The Hall–Kier alpha value is -1.06. The Morgan fingerprint density at radius 2 is 1.88 bits per heavy atom. The van der Waals surface area contributed by atoms with Crippen molar-refractivity contribution in [3.05, 3.63) is 0 Å². The van der Waals surface area contributed by atoms with Gasteiger partial charge < -0.3 is 10.4 Å². The standard InChI is InChI=1S/C13H21NO3/c15-12(10-8-11(10)13(16)17)14-7-3-6-9-4-1-2-5-9/h9-11H,1-8H2,(H,14,15)(H,16,17). The number of amides is 1. The molecule has 2 fully saturated rings. The minimum atomic E-state index is -0.837. The number of nitrogens with one attached hydrogen (secondary N) is 1. The number of carboxylic acids is 1. The molecule has 0 spiro atoms. The van der Waals surface area contributed by atoms with Gasteiger partial charge >= 0.3 is 5.97 Å². The van der Waals surface area contributed by atoms with Crippen molar-refractivity contribution >= 4 is 11.9 Å². The zero-order chi connectivity index (χ0) is 12.3. The van der Waals surface area contributed by atoms with Gasteiger partial charge in [0.1, 0.15) is 0 Å². The molecule has 4 heteroatoms. The van der Waals surface area contributed by atoms with Crippen LogP contribution in [-0.2, 0) is 9.59 Å². The van der Waals surface area contributed by atoms with Crippen LogP contribution in [-0.4, -0.2) is 23.5 Å². The third-order valence-corrected chi connectivity index (χ3v) is 4.01. The fourth-order valence-electron chi connectivity index (χ4n) is 2.79. The van der Waals surface area contributed by atoms with E-state index in [1.807, 2.05) is 0 Å². The van der Waals surface area contributed by atoms with Gasteiger partial charge in [0.05, 0.1) is 11.8 Å². The quantitative estimate of drug-likeness (QED) is 0.694. The van der Waals surface area contributed by atoms with E-state index in [9.17, 15) is 9.59 Å². The summed E-state index contributed by atoms with van der Waals surface area (Å²) in [7, 11) is 0. The van der Waals surface area contributed by atoms with Crippen LogP contribution in [0.25, 0.3) is 0 Å². The lowest BCUT2D eigenvalue weighted by Gasteiger charge is -2.09. The summed E-state index contributed by atoms with van der Waals surface area (Å²) in [5.41, 5.74) is 0. The molecule has 0 saturated heterocycles. The molecule has 2 saturated carbocycles. The van der Waals surface area contributed by atoms with Crippen molar-refractivity contribution in [2.24, 2.45) is 17.8 Å². The van der Waals surface area contributed by atoms with Gasteiger partial charge in [0.15, 0.2) is 0 Å². The van der Waals surface area contributed by atoms with Gasteiger partial charge in [0, 0.05) is 6.54 Å². The molecule has 96 valence electrons. The van der Waals surface area contributed by atoms with E-state index in [1.54, 1.807) is 0 Å². The molecule has 0 bridgehead atoms. The van der Waals surface area contributed by atoms with Gasteiger partial charge in [-0.25, -0.2) is 0 Å². The first-order valence-corrected chi connectivity index (χ1v) is 6.69. The van der Waals surface area contributed by atoms with Crippen LogP contribution in [0.3, 0.4) is 0 Å². The first kappa shape index (κ1) is 12.4. The van der Waals surface area contributed by atoms with Crippen molar-refractivity contribution in [2.75, 3.05) is 6.54 Å². The molecular weight excluding hydrogens is 218 g/mol. The molecule has 2 aliphatic carbocycles. The highest BCUT2D eigenvalue weighted by Gasteiger charge is 2.48. The van der Waals surface area contributed by atoms with Gasteiger partial charge in [0.2, 0.25) is 5.91 Å². The third-order valence-electron chi connectivity index (χ3n) is 4.01. The smallest absolute Gasteiger partial charge is 0.307 e. The molecule has 2 atom stereocenters. The second kappa shape index (κ2) is 5.52. The maximum absolute atomic E-state index is 11.5. The second-order valence-electron chi connectivity index (χ2n) is 5.37. The SMILES string of the molecule is O=C(O)C1CC1C(=O)NCCCC1CCCC1. The van der Waals surface area contributed by atoms with Gasteiger partial charge in [-0.05, 0) is 25.2 Å². The number of hydrogen-bond acceptors (Lipinski definition) is 2. The molecule has 2 aliphatic rings. The lowest BCUT2D eigenvalue weighted by molar-refractivity contribution is -0.140. The molecule has 1 amide bonds. The number of hydrogen-bond donors (Lipinski definition) is 2. The summed E-state index contributed by atoms with van der Waals surface area (Å²) in [4.78, 5) is 22.1. The highest BCUT2D eigenvalue weighted by Crippen LogP contribution is 2.38. The topological polar surface area (TPSA) is 66.4 Å². The van der Waals surface area contributed by atoms with E-state index < -0.39 is 11.9 Å². The van der Waals surface area contributed by atoms with Crippen LogP contribution < -0.4 is 5.32 Å². The van der Waals surface area contributed by atoms with Gasteiger partial charge in [-0.3, -0.25) is 9.59 Å². The Morgan fingerprint density at radius 1 is 1.18 bits per heavy atom. The van der Waals surface area contributed by atoms with E-state index in [0.29, 0.717) is 13.0 Å². The van der Waals surface area contributed by atoms with E-state index in [2.05, 4.69) is 5.32 Å². The average molecular weight is 239 g/mol. The van der Waals surface area contributed by atoms with E-state index in [-0.39, 0.29) is 11.8 Å². The summed E-state index contributed by atoms with van der Waals surface area (Å²) in [6, 6.07) is 0. The zero-order valence-corrected chi connectivity index (χ0v) is 10.2. The number of aliphatic carboxylic acids is 1. The fourth-order valence-corrected chi connectivity index (χ4v) is 2.79. The minimum Gasteiger partial charge on any atom is -0.481 e. The van der Waals surface area contributed by atoms with E-state index in [4.69, 9.17) is 5.11 Å². The summed E-state index contributed by atoms with van der Waals surface area (Å²) >= 11 is 0. The van der Waals surface area contributed by atoms with Crippen LogP contribution in [0.5, 0.6) is 0 Å². The monoisotopic (exact) mass is 239 g/mol. The van der Waals surface area contributed by atoms with E-state index in [1.165, 1.54) is 32.1 Å². The van der Waals surface area contributed by atoms with Crippen molar-refractivity contribution in [1.29, 1.82) is 0 Å². The Labute approximate surface area is 102 Å². The maximum Gasteiger partial charge on any atom is 0.307 e. The van der Waals surface area contributed by atoms with Gasteiger partial charge in [-0.15, -0.1) is 0 Å². The fraction of sp³-hybridized carbons (Fsp3) is 0.846. The Bertz CT molecular complexity index is 297.